The summed E-state index contributed by atoms with van der Waals surface area (Å²) in [6.07, 6.45) is -1.16. The predicted octanol–water partition coefficient (Wildman–Crippen LogP) is 1.32. The lowest BCUT2D eigenvalue weighted by Gasteiger charge is -2.12. The summed E-state index contributed by atoms with van der Waals surface area (Å²) in [6, 6.07) is 5.31. The third-order valence-corrected chi connectivity index (χ3v) is 2.01. The van der Waals surface area contributed by atoms with Crippen molar-refractivity contribution in [3.8, 4) is 5.75 Å². The molecule has 0 fully saturated rings. The van der Waals surface area contributed by atoms with E-state index in [0.717, 1.165) is 0 Å². The van der Waals surface area contributed by atoms with Gasteiger partial charge in [-0.3, -0.25) is 4.79 Å². The Bertz CT molecular complexity index is 450. The van der Waals surface area contributed by atoms with Gasteiger partial charge in [-0.1, -0.05) is 12.1 Å². The summed E-state index contributed by atoms with van der Waals surface area (Å²) in [5.41, 5.74) is 4.71. The Morgan fingerprint density at radius 1 is 1.28 bits per heavy atom. The van der Waals surface area contributed by atoms with E-state index in [9.17, 15) is 18.4 Å². The van der Waals surface area contributed by atoms with Crippen molar-refractivity contribution in [3.05, 3.63) is 29.8 Å². The Labute approximate surface area is 101 Å². The molecular formula is C11H11F2NO4. The summed E-state index contributed by atoms with van der Waals surface area (Å²) in [5, 5.41) is 0. The van der Waals surface area contributed by atoms with Crippen LogP contribution < -0.4 is 10.5 Å². The van der Waals surface area contributed by atoms with Gasteiger partial charge in [0, 0.05) is 0 Å². The van der Waals surface area contributed by atoms with Crippen molar-refractivity contribution >= 4 is 11.9 Å². The number of ether oxygens (including phenoxy) is 2. The Morgan fingerprint density at radius 3 is 2.44 bits per heavy atom. The molecule has 0 aliphatic carbocycles. The van der Waals surface area contributed by atoms with E-state index in [0.29, 0.717) is 0 Å². The lowest BCUT2D eigenvalue weighted by Crippen LogP contribution is -2.30. The number of para-hydroxylation sites is 1. The molecule has 0 spiro atoms. The first-order chi connectivity index (χ1) is 8.41. The fourth-order valence-electron chi connectivity index (χ4n) is 1.12. The first kappa shape index (κ1) is 13.9. The number of primary amides is 1. The second-order valence-electron chi connectivity index (χ2n) is 3.32. The molecule has 1 rings (SSSR count). The van der Waals surface area contributed by atoms with Crippen LogP contribution in [0.3, 0.4) is 0 Å². The quantitative estimate of drug-likeness (QED) is 0.809. The Balaban J connectivity index is 2.88. The van der Waals surface area contributed by atoms with E-state index in [1.54, 1.807) is 0 Å². The number of rotatable bonds is 5. The average Bonchev–Trinajstić information content (AvgIpc) is 2.28. The molecular weight excluding hydrogens is 248 g/mol. The summed E-state index contributed by atoms with van der Waals surface area (Å²) < 4.78 is 33.1. The minimum absolute atomic E-state index is 0.203. The van der Waals surface area contributed by atoms with Crippen molar-refractivity contribution in [3.63, 3.8) is 0 Å². The summed E-state index contributed by atoms with van der Waals surface area (Å²) in [4.78, 5) is 22.3. The van der Waals surface area contributed by atoms with Gasteiger partial charge in [-0.15, -0.1) is 0 Å². The fraction of sp³-hybridized carbons (Fsp3) is 0.273. The van der Waals surface area contributed by atoms with Gasteiger partial charge in [0.1, 0.15) is 11.3 Å². The van der Waals surface area contributed by atoms with Gasteiger partial charge in [0.2, 0.25) is 0 Å². The van der Waals surface area contributed by atoms with Crippen molar-refractivity contribution in [2.75, 3.05) is 0 Å². The minimum atomic E-state index is -3.06. The molecule has 0 unspecified atom stereocenters. The van der Waals surface area contributed by atoms with Crippen molar-refractivity contribution in [1.82, 2.24) is 0 Å². The molecule has 0 aromatic heterocycles. The number of hydrogen-bond donors (Lipinski definition) is 1. The molecule has 1 aromatic carbocycles. The van der Waals surface area contributed by atoms with Crippen LogP contribution in [0.2, 0.25) is 0 Å². The highest BCUT2D eigenvalue weighted by Gasteiger charge is 2.20. The van der Waals surface area contributed by atoms with Gasteiger partial charge < -0.3 is 15.2 Å². The molecule has 1 amide bonds. The minimum Gasteiger partial charge on any atom is -0.449 e. The third kappa shape index (κ3) is 3.69. The van der Waals surface area contributed by atoms with Crippen LogP contribution in [0, 0.1) is 0 Å². The van der Waals surface area contributed by atoms with Gasteiger partial charge in [0.15, 0.2) is 6.10 Å². The molecule has 1 atom stereocenters. The lowest BCUT2D eigenvalue weighted by atomic mass is 10.2. The SMILES string of the molecule is C[C@H](OC(=O)c1ccccc1OC(F)F)C(N)=O. The number of halogens is 2. The molecule has 0 radical (unpaired) electrons. The van der Waals surface area contributed by atoms with Crippen molar-refractivity contribution in [1.29, 1.82) is 0 Å². The maximum absolute atomic E-state index is 12.1. The fourth-order valence-corrected chi connectivity index (χ4v) is 1.12. The molecule has 2 N–H and O–H groups in total. The highest BCUT2D eigenvalue weighted by atomic mass is 19.3. The number of amides is 1. The largest absolute Gasteiger partial charge is 0.449 e. The zero-order valence-corrected chi connectivity index (χ0v) is 9.43. The molecule has 18 heavy (non-hydrogen) atoms. The van der Waals surface area contributed by atoms with Crippen molar-refractivity contribution < 1.29 is 27.8 Å². The molecule has 0 aliphatic rings. The number of benzene rings is 1. The second-order valence-corrected chi connectivity index (χ2v) is 3.32. The Kier molecular flexibility index (Phi) is 4.59. The van der Waals surface area contributed by atoms with Crippen molar-refractivity contribution in [2.45, 2.75) is 19.6 Å². The van der Waals surface area contributed by atoms with Crippen LogP contribution in [0.1, 0.15) is 17.3 Å². The van der Waals surface area contributed by atoms with E-state index >= 15 is 0 Å². The molecule has 0 aliphatic heterocycles. The predicted molar refractivity (Wildman–Crippen MR) is 57.1 cm³/mol. The van der Waals surface area contributed by atoms with E-state index < -0.39 is 24.6 Å². The van der Waals surface area contributed by atoms with Gasteiger partial charge in [-0.2, -0.15) is 8.78 Å². The number of nitrogens with two attached hydrogens (primary N) is 1. The van der Waals surface area contributed by atoms with Gasteiger partial charge >= 0.3 is 12.6 Å². The molecule has 5 nitrogen and oxygen atoms in total. The average molecular weight is 259 g/mol. The van der Waals surface area contributed by atoms with Crippen LogP contribution in [0.25, 0.3) is 0 Å². The van der Waals surface area contributed by atoms with E-state index in [1.165, 1.54) is 31.2 Å². The standard InChI is InChI=1S/C11H11F2NO4/c1-6(9(14)15)17-10(16)7-4-2-3-5-8(7)18-11(12)13/h2-6,11H,1H3,(H2,14,15)/t6-/m0/s1. The third-order valence-electron chi connectivity index (χ3n) is 2.01. The normalized spacial score (nSPS) is 12.0. The van der Waals surface area contributed by atoms with Gasteiger partial charge in [-0.25, -0.2) is 4.79 Å². The number of alkyl halides is 2. The number of carbonyl (C=O) groups is 2. The first-order valence-electron chi connectivity index (χ1n) is 4.96. The van der Waals surface area contributed by atoms with Crippen LogP contribution in [0.5, 0.6) is 5.75 Å². The van der Waals surface area contributed by atoms with Crippen LogP contribution in [0.15, 0.2) is 24.3 Å². The molecule has 7 heteroatoms. The molecule has 0 bridgehead atoms. The van der Waals surface area contributed by atoms with E-state index in [4.69, 9.17) is 5.73 Å². The Hall–Kier alpha value is -2.18. The van der Waals surface area contributed by atoms with Crippen molar-refractivity contribution in [2.24, 2.45) is 5.73 Å². The molecule has 98 valence electrons. The van der Waals surface area contributed by atoms with E-state index in [2.05, 4.69) is 9.47 Å². The zero-order valence-electron chi connectivity index (χ0n) is 9.43. The maximum Gasteiger partial charge on any atom is 0.387 e. The van der Waals surface area contributed by atoms with Crippen LogP contribution in [-0.4, -0.2) is 24.6 Å². The summed E-state index contributed by atoms with van der Waals surface area (Å²) >= 11 is 0. The topological polar surface area (TPSA) is 78.6 Å². The van der Waals surface area contributed by atoms with Gasteiger partial charge in [-0.05, 0) is 19.1 Å². The summed E-state index contributed by atoms with van der Waals surface area (Å²) in [7, 11) is 0. The van der Waals surface area contributed by atoms with Crippen LogP contribution >= 0.6 is 0 Å². The van der Waals surface area contributed by atoms with Gasteiger partial charge in [0.05, 0.1) is 0 Å². The highest BCUT2D eigenvalue weighted by Crippen LogP contribution is 2.21. The van der Waals surface area contributed by atoms with Gasteiger partial charge in [0.25, 0.3) is 5.91 Å². The number of carbonyl (C=O) groups excluding carboxylic acids is 2. The highest BCUT2D eigenvalue weighted by molar-refractivity contribution is 5.94. The Morgan fingerprint density at radius 2 is 1.89 bits per heavy atom. The molecule has 1 aromatic rings. The smallest absolute Gasteiger partial charge is 0.387 e. The molecule has 0 heterocycles. The number of esters is 1. The van der Waals surface area contributed by atoms with E-state index in [-0.39, 0.29) is 11.3 Å². The second kappa shape index (κ2) is 5.95. The molecule has 0 saturated carbocycles. The number of hydrogen-bond acceptors (Lipinski definition) is 4. The van der Waals surface area contributed by atoms with E-state index in [1.807, 2.05) is 0 Å². The maximum atomic E-state index is 12.1. The zero-order chi connectivity index (χ0) is 13.7. The van der Waals surface area contributed by atoms with Crippen LogP contribution in [0.4, 0.5) is 8.78 Å². The summed E-state index contributed by atoms with van der Waals surface area (Å²) in [5.74, 6) is -2.12. The first-order valence-corrected chi connectivity index (χ1v) is 4.96. The summed E-state index contributed by atoms with van der Waals surface area (Å²) in [6.45, 7) is -1.79. The van der Waals surface area contributed by atoms with Crippen LogP contribution in [-0.2, 0) is 9.53 Å². The molecule has 0 saturated heterocycles. The lowest BCUT2D eigenvalue weighted by molar-refractivity contribution is -0.125. The monoisotopic (exact) mass is 259 g/mol.